The second-order valence-electron chi connectivity index (χ2n) is 4.54. The molecule has 1 unspecified atom stereocenters. The summed E-state index contributed by atoms with van der Waals surface area (Å²) in [4.78, 5) is 7.30. The Bertz CT molecular complexity index is 581. The molecule has 0 saturated carbocycles. The van der Waals surface area contributed by atoms with Gasteiger partial charge in [-0.15, -0.1) is 0 Å². The van der Waals surface area contributed by atoms with Crippen molar-refractivity contribution >= 4 is 0 Å². The number of hydrogen-bond donors (Lipinski definition) is 1. The first-order chi connectivity index (χ1) is 8.61. The highest BCUT2D eigenvalue weighted by Gasteiger charge is 2.18. The minimum absolute atomic E-state index is 0.182. The number of aromatic amines is 1. The van der Waals surface area contributed by atoms with Gasteiger partial charge in [0.05, 0.1) is 18.0 Å². The minimum atomic E-state index is -0.288. The molecule has 0 bridgehead atoms. The van der Waals surface area contributed by atoms with Gasteiger partial charge in [-0.3, -0.25) is 0 Å². The van der Waals surface area contributed by atoms with Crippen molar-refractivity contribution in [2.45, 2.75) is 19.8 Å². The molecule has 1 aromatic carbocycles. The van der Waals surface area contributed by atoms with Crippen molar-refractivity contribution in [2.24, 2.45) is 5.92 Å². The lowest BCUT2D eigenvalue weighted by molar-refractivity contribution is 0.566. The van der Waals surface area contributed by atoms with Crippen molar-refractivity contribution in [2.75, 3.05) is 0 Å². The number of H-pyrrole nitrogens is 1. The summed E-state index contributed by atoms with van der Waals surface area (Å²) >= 11 is 0. The van der Waals surface area contributed by atoms with E-state index in [1.54, 1.807) is 18.3 Å². The van der Waals surface area contributed by atoms with E-state index in [4.69, 9.17) is 5.26 Å². The average Bonchev–Trinajstić information content (AvgIpc) is 2.79. The van der Waals surface area contributed by atoms with Crippen molar-refractivity contribution in [3.8, 4) is 17.3 Å². The summed E-state index contributed by atoms with van der Waals surface area (Å²) in [6.07, 6.45) is 1.64. The molecule has 0 aliphatic heterocycles. The van der Waals surface area contributed by atoms with Gasteiger partial charge in [-0.1, -0.05) is 26.0 Å². The molecule has 0 aliphatic carbocycles. The van der Waals surface area contributed by atoms with Crippen LogP contribution in [-0.2, 0) is 0 Å². The molecule has 2 rings (SSSR count). The molecule has 0 radical (unpaired) electrons. The molecule has 3 nitrogen and oxygen atoms in total. The van der Waals surface area contributed by atoms with Crippen LogP contribution in [0.2, 0.25) is 0 Å². The van der Waals surface area contributed by atoms with Gasteiger partial charge in [-0.05, 0) is 18.1 Å². The maximum atomic E-state index is 13.1. The van der Waals surface area contributed by atoms with Crippen molar-refractivity contribution in [1.82, 2.24) is 9.97 Å². The molecule has 18 heavy (non-hydrogen) atoms. The monoisotopic (exact) mass is 243 g/mol. The van der Waals surface area contributed by atoms with Gasteiger partial charge in [0.2, 0.25) is 0 Å². The number of nitrogens with zero attached hydrogens (tertiary/aromatic N) is 2. The molecule has 4 heteroatoms. The van der Waals surface area contributed by atoms with Gasteiger partial charge in [0.25, 0.3) is 0 Å². The third kappa shape index (κ3) is 2.40. The molecule has 1 N–H and O–H groups in total. The number of imidazole rings is 1. The van der Waals surface area contributed by atoms with Crippen LogP contribution < -0.4 is 0 Å². The van der Waals surface area contributed by atoms with E-state index in [9.17, 15) is 4.39 Å². The first-order valence-electron chi connectivity index (χ1n) is 5.82. The zero-order chi connectivity index (χ0) is 13.1. The Kier molecular flexibility index (Phi) is 3.42. The van der Waals surface area contributed by atoms with Gasteiger partial charge < -0.3 is 4.98 Å². The first kappa shape index (κ1) is 12.3. The summed E-state index contributed by atoms with van der Waals surface area (Å²) in [5, 5.41) is 9.10. The van der Waals surface area contributed by atoms with Crippen LogP contribution in [0.4, 0.5) is 4.39 Å². The van der Waals surface area contributed by atoms with E-state index in [0.717, 1.165) is 11.3 Å². The predicted octanol–water partition coefficient (Wildman–Crippen LogP) is 3.48. The largest absolute Gasteiger partial charge is 0.341 e. The number of nitriles is 1. The van der Waals surface area contributed by atoms with E-state index in [1.165, 1.54) is 12.1 Å². The van der Waals surface area contributed by atoms with Crippen molar-refractivity contribution < 1.29 is 4.39 Å². The van der Waals surface area contributed by atoms with Crippen molar-refractivity contribution in [3.05, 3.63) is 42.1 Å². The third-order valence-electron chi connectivity index (χ3n) is 2.83. The van der Waals surface area contributed by atoms with E-state index >= 15 is 0 Å². The normalized spacial score (nSPS) is 12.4. The zero-order valence-corrected chi connectivity index (χ0v) is 10.3. The Morgan fingerprint density at radius 3 is 2.78 bits per heavy atom. The number of nitrogens with one attached hydrogen (secondary N) is 1. The highest BCUT2D eigenvalue weighted by Crippen LogP contribution is 2.24. The van der Waals surface area contributed by atoms with Gasteiger partial charge in [0.1, 0.15) is 17.6 Å². The fourth-order valence-corrected chi connectivity index (χ4v) is 1.82. The maximum absolute atomic E-state index is 13.1. The molecular formula is C14H14FN3. The van der Waals surface area contributed by atoms with Crippen molar-refractivity contribution in [3.63, 3.8) is 0 Å². The SMILES string of the molecule is CC(C)C(C#N)c1ncc(-c2cccc(F)c2)[nH]1. The van der Waals surface area contributed by atoms with E-state index < -0.39 is 0 Å². The highest BCUT2D eigenvalue weighted by atomic mass is 19.1. The minimum Gasteiger partial charge on any atom is -0.341 e. The van der Waals surface area contributed by atoms with Gasteiger partial charge in [0, 0.05) is 5.56 Å². The Balaban J connectivity index is 2.34. The maximum Gasteiger partial charge on any atom is 0.124 e. The quantitative estimate of drug-likeness (QED) is 0.897. The summed E-state index contributed by atoms with van der Waals surface area (Å²) in [5.74, 6) is 0.255. The molecule has 1 aromatic heterocycles. The van der Waals surface area contributed by atoms with Crippen LogP contribution in [0.5, 0.6) is 0 Å². The molecule has 0 aliphatic rings. The lowest BCUT2D eigenvalue weighted by Gasteiger charge is -2.09. The smallest absolute Gasteiger partial charge is 0.124 e. The number of hydrogen-bond acceptors (Lipinski definition) is 2. The summed E-state index contributed by atoms with van der Waals surface area (Å²) in [6, 6.07) is 8.51. The molecular weight excluding hydrogens is 229 g/mol. The van der Waals surface area contributed by atoms with E-state index in [2.05, 4.69) is 16.0 Å². The van der Waals surface area contributed by atoms with Crippen molar-refractivity contribution in [1.29, 1.82) is 5.26 Å². The molecule has 0 fully saturated rings. The van der Waals surface area contributed by atoms with Crippen LogP contribution in [0.3, 0.4) is 0 Å². The Hall–Kier alpha value is -2.15. The summed E-state index contributed by atoms with van der Waals surface area (Å²) in [7, 11) is 0. The van der Waals surface area contributed by atoms with Crippen LogP contribution in [0, 0.1) is 23.1 Å². The van der Waals surface area contributed by atoms with E-state index in [-0.39, 0.29) is 17.7 Å². The molecule has 92 valence electrons. The van der Waals surface area contributed by atoms with Crippen LogP contribution in [0.15, 0.2) is 30.5 Å². The third-order valence-corrected chi connectivity index (χ3v) is 2.83. The van der Waals surface area contributed by atoms with Crippen LogP contribution in [0.25, 0.3) is 11.3 Å². The van der Waals surface area contributed by atoms with Crippen LogP contribution in [-0.4, -0.2) is 9.97 Å². The molecule has 0 spiro atoms. The number of aromatic nitrogens is 2. The average molecular weight is 243 g/mol. The lowest BCUT2D eigenvalue weighted by atomic mass is 9.97. The topological polar surface area (TPSA) is 52.5 Å². The first-order valence-corrected chi connectivity index (χ1v) is 5.82. The summed E-state index contributed by atoms with van der Waals surface area (Å²) in [6.45, 7) is 3.94. The second-order valence-corrected chi connectivity index (χ2v) is 4.54. The molecule has 0 amide bonds. The fraction of sp³-hybridized carbons (Fsp3) is 0.286. The number of benzene rings is 1. The van der Waals surface area contributed by atoms with Crippen LogP contribution >= 0.6 is 0 Å². The van der Waals surface area contributed by atoms with E-state index in [0.29, 0.717) is 5.82 Å². The fourth-order valence-electron chi connectivity index (χ4n) is 1.82. The predicted molar refractivity (Wildman–Crippen MR) is 67.2 cm³/mol. The zero-order valence-electron chi connectivity index (χ0n) is 10.3. The number of rotatable bonds is 3. The lowest BCUT2D eigenvalue weighted by Crippen LogP contribution is -2.05. The standard InChI is InChI=1S/C14H14FN3/c1-9(2)12(7-16)14-17-8-13(18-14)10-4-3-5-11(15)6-10/h3-6,8-9,12H,1-2H3,(H,17,18). The molecule has 1 atom stereocenters. The number of halogens is 1. The highest BCUT2D eigenvalue weighted by molar-refractivity contribution is 5.58. The Labute approximate surface area is 105 Å². The van der Waals surface area contributed by atoms with Gasteiger partial charge in [-0.25, -0.2) is 9.37 Å². The van der Waals surface area contributed by atoms with Gasteiger partial charge in [-0.2, -0.15) is 5.26 Å². The Morgan fingerprint density at radius 2 is 2.17 bits per heavy atom. The van der Waals surface area contributed by atoms with Crippen LogP contribution in [0.1, 0.15) is 25.6 Å². The van der Waals surface area contributed by atoms with E-state index in [1.807, 2.05) is 13.8 Å². The second kappa shape index (κ2) is 5.01. The molecule has 2 aromatic rings. The summed E-state index contributed by atoms with van der Waals surface area (Å²) in [5.41, 5.74) is 1.46. The van der Waals surface area contributed by atoms with Gasteiger partial charge in [0.15, 0.2) is 0 Å². The molecule has 1 heterocycles. The van der Waals surface area contributed by atoms with Gasteiger partial charge >= 0.3 is 0 Å². The Morgan fingerprint density at radius 1 is 1.39 bits per heavy atom. The molecule has 0 saturated heterocycles. The summed E-state index contributed by atoms with van der Waals surface area (Å²) < 4.78 is 13.1.